The smallest absolute Gasteiger partial charge is 0.256 e. The molecule has 2 heterocycles. The number of carbonyl (C=O) groups excluding carboxylic acids is 2. The molecule has 1 aromatic heterocycles. The lowest BCUT2D eigenvalue weighted by molar-refractivity contribution is -0.119. The maximum absolute atomic E-state index is 12.6. The summed E-state index contributed by atoms with van der Waals surface area (Å²) in [5.74, 6) is 0.562. The molecule has 0 aliphatic carbocycles. The lowest BCUT2D eigenvalue weighted by Crippen LogP contribution is -2.44. The predicted molar refractivity (Wildman–Crippen MR) is 92.6 cm³/mol. The van der Waals surface area contributed by atoms with Gasteiger partial charge in [0.05, 0.1) is 11.4 Å². The van der Waals surface area contributed by atoms with Crippen LogP contribution in [-0.2, 0) is 4.79 Å². The molecule has 1 aromatic carbocycles. The van der Waals surface area contributed by atoms with Crippen LogP contribution in [0.2, 0.25) is 0 Å². The highest BCUT2D eigenvalue weighted by molar-refractivity contribution is 7.99. The van der Waals surface area contributed by atoms with Gasteiger partial charge in [0.15, 0.2) is 0 Å². The van der Waals surface area contributed by atoms with Gasteiger partial charge in [-0.2, -0.15) is 5.26 Å². The number of anilines is 1. The van der Waals surface area contributed by atoms with Crippen LogP contribution >= 0.6 is 11.8 Å². The van der Waals surface area contributed by atoms with Crippen molar-refractivity contribution in [2.24, 2.45) is 0 Å². The number of nitrogens with zero attached hydrogens (tertiary/aromatic N) is 2. The average Bonchev–Trinajstić information content (AvgIpc) is 3.25. The fourth-order valence-corrected chi connectivity index (χ4v) is 3.62. The molecule has 24 heavy (non-hydrogen) atoms. The molecule has 1 aliphatic rings. The Morgan fingerprint density at radius 3 is 2.79 bits per heavy atom. The zero-order valence-electron chi connectivity index (χ0n) is 13.1. The molecule has 1 atom stereocenters. The van der Waals surface area contributed by atoms with Gasteiger partial charge < -0.3 is 15.2 Å². The minimum atomic E-state index is -0.524. The van der Waals surface area contributed by atoms with Gasteiger partial charge in [0.25, 0.3) is 5.91 Å². The van der Waals surface area contributed by atoms with Crippen molar-refractivity contribution in [3.63, 3.8) is 0 Å². The van der Waals surface area contributed by atoms with E-state index in [1.54, 1.807) is 4.90 Å². The summed E-state index contributed by atoms with van der Waals surface area (Å²) in [5.41, 5.74) is 2.54. The molecule has 2 amide bonds. The number of nitriles is 1. The van der Waals surface area contributed by atoms with Gasteiger partial charge in [0, 0.05) is 17.6 Å². The predicted octanol–water partition coefficient (Wildman–Crippen LogP) is 2.35. The molecule has 3 rings (SSSR count). The Hall–Kier alpha value is -2.72. The van der Waals surface area contributed by atoms with Crippen molar-refractivity contribution in [3.05, 3.63) is 53.3 Å². The van der Waals surface area contributed by atoms with E-state index in [0.29, 0.717) is 28.6 Å². The normalized spacial score (nSPS) is 16.7. The summed E-state index contributed by atoms with van der Waals surface area (Å²) in [6, 6.07) is 10.5. The number of nitrogens with one attached hydrogen (secondary N) is 2. The second-order valence-corrected chi connectivity index (χ2v) is 6.56. The number of hydrogen-bond donors (Lipinski definition) is 2. The van der Waals surface area contributed by atoms with Crippen molar-refractivity contribution in [2.45, 2.75) is 13.0 Å². The fraction of sp³-hybridized carbons (Fsp3) is 0.235. The SMILES string of the molecule is Cc1ccc(NC(=O)[C@@H]2CSCN2C(=O)c2c[nH]c(C#N)c2)cc1. The molecule has 1 saturated heterocycles. The summed E-state index contributed by atoms with van der Waals surface area (Å²) < 4.78 is 0. The molecule has 122 valence electrons. The van der Waals surface area contributed by atoms with Crippen LogP contribution in [0.25, 0.3) is 0 Å². The van der Waals surface area contributed by atoms with Gasteiger partial charge in [0.1, 0.15) is 17.8 Å². The number of H-pyrrole nitrogens is 1. The van der Waals surface area contributed by atoms with E-state index in [1.165, 1.54) is 24.0 Å². The van der Waals surface area contributed by atoms with E-state index in [0.717, 1.165) is 5.56 Å². The van der Waals surface area contributed by atoms with E-state index in [2.05, 4.69) is 10.3 Å². The number of rotatable bonds is 3. The molecule has 1 fully saturated rings. The Labute approximate surface area is 143 Å². The van der Waals surface area contributed by atoms with Crippen LogP contribution in [0.5, 0.6) is 0 Å². The van der Waals surface area contributed by atoms with E-state index in [4.69, 9.17) is 5.26 Å². The molecule has 0 bridgehead atoms. The summed E-state index contributed by atoms with van der Waals surface area (Å²) in [4.78, 5) is 29.4. The number of aromatic amines is 1. The van der Waals surface area contributed by atoms with E-state index < -0.39 is 6.04 Å². The van der Waals surface area contributed by atoms with Crippen LogP contribution in [-0.4, -0.2) is 39.4 Å². The number of thioether (sulfide) groups is 1. The molecule has 2 N–H and O–H groups in total. The van der Waals surface area contributed by atoms with Crippen LogP contribution in [0.1, 0.15) is 21.6 Å². The first-order valence-corrected chi connectivity index (χ1v) is 8.58. The fourth-order valence-electron chi connectivity index (χ4n) is 2.47. The van der Waals surface area contributed by atoms with Gasteiger partial charge in [-0.05, 0) is 25.1 Å². The first-order valence-electron chi connectivity index (χ1n) is 7.43. The van der Waals surface area contributed by atoms with Gasteiger partial charge in [-0.15, -0.1) is 11.8 Å². The highest BCUT2D eigenvalue weighted by Crippen LogP contribution is 2.24. The number of aryl methyl sites for hydroxylation is 1. The van der Waals surface area contributed by atoms with Crippen molar-refractivity contribution in [1.82, 2.24) is 9.88 Å². The van der Waals surface area contributed by atoms with Crippen LogP contribution in [0.4, 0.5) is 5.69 Å². The zero-order valence-corrected chi connectivity index (χ0v) is 13.9. The van der Waals surface area contributed by atoms with Crippen molar-refractivity contribution >= 4 is 29.3 Å². The monoisotopic (exact) mass is 340 g/mol. The number of benzene rings is 1. The van der Waals surface area contributed by atoms with Crippen molar-refractivity contribution in [1.29, 1.82) is 5.26 Å². The zero-order chi connectivity index (χ0) is 17.1. The second-order valence-electron chi connectivity index (χ2n) is 5.56. The molecule has 0 unspecified atom stereocenters. The topological polar surface area (TPSA) is 89.0 Å². The second kappa shape index (κ2) is 6.81. The Morgan fingerprint density at radius 1 is 1.38 bits per heavy atom. The van der Waals surface area contributed by atoms with Crippen molar-refractivity contribution < 1.29 is 9.59 Å². The molecule has 0 saturated carbocycles. The van der Waals surface area contributed by atoms with Crippen LogP contribution in [0.15, 0.2) is 36.5 Å². The van der Waals surface area contributed by atoms with Crippen LogP contribution < -0.4 is 5.32 Å². The first-order chi connectivity index (χ1) is 11.6. The summed E-state index contributed by atoms with van der Waals surface area (Å²) >= 11 is 1.54. The largest absolute Gasteiger partial charge is 0.352 e. The van der Waals surface area contributed by atoms with Gasteiger partial charge in [-0.3, -0.25) is 9.59 Å². The first kappa shape index (κ1) is 16.1. The molecule has 6 nitrogen and oxygen atoms in total. The molecular weight excluding hydrogens is 324 g/mol. The van der Waals surface area contributed by atoms with Crippen molar-refractivity contribution in [3.8, 4) is 6.07 Å². The summed E-state index contributed by atoms with van der Waals surface area (Å²) in [6.07, 6.45) is 1.50. The molecule has 0 radical (unpaired) electrons. The highest BCUT2D eigenvalue weighted by Gasteiger charge is 2.35. The molecule has 7 heteroatoms. The Balaban J connectivity index is 1.72. The molecular formula is C17H16N4O2S. The highest BCUT2D eigenvalue weighted by atomic mass is 32.2. The Bertz CT molecular complexity index is 807. The lowest BCUT2D eigenvalue weighted by atomic mass is 10.2. The Morgan fingerprint density at radius 2 is 2.12 bits per heavy atom. The van der Waals surface area contributed by atoms with E-state index in [-0.39, 0.29) is 11.8 Å². The van der Waals surface area contributed by atoms with Gasteiger partial charge in [-0.1, -0.05) is 17.7 Å². The summed E-state index contributed by atoms with van der Waals surface area (Å²) in [6.45, 7) is 1.98. The standard InChI is InChI=1S/C17H16N4O2S/c1-11-2-4-13(5-3-11)20-16(22)15-9-24-10-21(15)17(23)12-6-14(7-18)19-8-12/h2-6,8,15,19H,9-10H2,1H3,(H,20,22)/t15-/m0/s1. The maximum Gasteiger partial charge on any atom is 0.256 e. The number of amides is 2. The summed E-state index contributed by atoms with van der Waals surface area (Å²) in [7, 11) is 0. The third-order valence-electron chi connectivity index (χ3n) is 3.82. The minimum absolute atomic E-state index is 0.201. The van der Waals surface area contributed by atoms with E-state index in [9.17, 15) is 9.59 Å². The number of carbonyl (C=O) groups is 2. The third kappa shape index (κ3) is 3.29. The molecule has 2 aromatic rings. The number of hydrogen-bond acceptors (Lipinski definition) is 4. The molecule has 1 aliphatic heterocycles. The van der Waals surface area contributed by atoms with Gasteiger partial charge in [0.2, 0.25) is 5.91 Å². The minimum Gasteiger partial charge on any atom is -0.352 e. The Kier molecular flexibility index (Phi) is 4.58. The average molecular weight is 340 g/mol. The van der Waals surface area contributed by atoms with E-state index in [1.807, 2.05) is 37.3 Å². The maximum atomic E-state index is 12.6. The summed E-state index contributed by atoms with van der Waals surface area (Å²) in [5, 5.41) is 11.7. The van der Waals surface area contributed by atoms with Crippen molar-refractivity contribution in [2.75, 3.05) is 16.9 Å². The van der Waals surface area contributed by atoms with E-state index >= 15 is 0 Å². The van der Waals surface area contributed by atoms with Crippen LogP contribution in [0, 0.1) is 18.3 Å². The molecule has 0 spiro atoms. The van der Waals surface area contributed by atoms with Gasteiger partial charge >= 0.3 is 0 Å². The quantitative estimate of drug-likeness (QED) is 0.897. The van der Waals surface area contributed by atoms with Gasteiger partial charge in [-0.25, -0.2) is 0 Å². The lowest BCUT2D eigenvalue weighted by Gasteiger charge is -2.22. The third-order valence-corrected chi connectivity index (χ3v) is 4.83. The van der Waals surface area contributed by atoms with Crippen LogP contribution in [0.3, 0.4) is 0 Å². The number of aromatic nitrogens is 1.